The molecule has 0 aromatic carbocycles. The zero-order valence-electron chi connectivity index (χ0n) is 11.5. The van der Waals surface area contributed by atoms with Crippen LogP contribution in [0.5, 0.6) is 0 Å². The van der Waals surface area contributed by atoms with Gasteiger partial charge >= 0.3 is 0 Å². The first-order valence-corrected chi connectivity index (χ1v) is 8.01. The zero-order chi connectivity index (χ0) is 14.1. The molecule has 3 heterocycles. The summed E-state index contributed by atoms with van der Waals surface area (Å²) in [6, 6.07) is 4.49. The van der Waals surface area contributed by atoms with Gasteiger partial charge in [-0.05, 0) is 48.7 Å². The Labute approximate surface area is 127 Å². The SMILES string of the molecule is CC(Cl)c1nc2cnccc2n1C(C)Cc1ccsc1. The molecule has 0 spiro atoms. The van der Waals surface area contributed by atoms with Crippen molar-refractivity contribution in [2.45, 2.75) is 31.7 Å². The molecule has 0 aliphatic carbocycles. The lowest BCUT2D eigenvalue weighted by Crippen LogP contribution is -2.12. The molecule has 5 heteroatoms. The van der Waals surface area contributed by atoms with Crippen LogP contribution in [0.25, 0.3) is 11.0 Å². The molecule has 2 atom stereocenters. The van der Waals surface area contributed by atoms with Crippen LogP contribution in [0.3, 0.4) is 0 Å². The van der Waals surface area contributed by atoms with E-state index in [-0.39, 0.29) is 5.38 Å². The third-order valence-electron chi connectivity index (χ3n) is 3.43. The maximum absolute atomic E-state index is 6.30. The largest absolute Gasteiger partial charge is 0.323 e. The fourth-order valence-electron chi connectivity index (χ4n) is 2.55. The van der Waals surface area contributed by atoms with E-state index >= 15 is 0 Å². The summed E-state index contributed by atoms with van der Waals surface area (Å²) in [6.07, 6.45) is 4.58. The van der Waals surface area contributed by atoms with Gasteiger partial charge in [-0.1, -0.05) is 0 Å². The van der Waals surface area contributed by atoms with Crippen molar-refractivity contribution in [1.82, 2.24) is 14.5 Å². The van der Waals surface area contributed by atoms with Crippen LogP contribution in [0, 0.1) is 0 Å². The molecule has 0 radical (unpaired) electrons. The number of imidazole rings is 1. The van der Waals surface area contributed by atoms with Crippen LogP contribution in [0.15, 0.2) is 35.3 Å². The van der Waals surface area contributed by atoms with Gasteiger partial charge in [-0.25, -0.2) is 4.98 Å². The second-order valence-corrected chi connectivity index (χ2v) is 6.44. The first kappa shape index (κ1) is 13.6. The molecule has 0 aliphatic rings. The minimum absolute atomic E-state index is 0.118. The molecular weight excluding hydrogens is 290 g/mol. The molecule has 3 aromatic heterocycles. The topological polar surface area (TPSA) is 30.7 Å². The smallest absolute Gasteiger partial charge is 0.128 e. The Kier molecular flexibility index (Phi) is 3.76. The van der Waals surface area contributed by atoms with E-state index in [1.54, 1.807) is 23.7 Å². The van der Waals surface area contributed by atoms with Crippen LogP contribution in [0.4, 0.5) is 0 Å². The van der Waals surface area contributed by atoms with Gasteiger partial charge in [0, 0.05) is 12.2 Å². The molecule has 0 N–H and O–H groups in total. The number of halogens is 1. The van der Waals surface area contributed by atoms with Gasteiger partial charge in [-0.2, -0.15) is 11.3 Å². The Morgan fingerprint density at radius 1 is 1.35 bits per heavy atom. The highest BCUT2D eigenvalue weighted by molar-refractivity contribution is 7.07. The third kappa shape index (κ3) is 2.45. The zero-order valence-corrected chi connectivity index (χ0v) is 13.0. The molecule has 20 heavy (non-hydrogen) atoms. The number of pyridine rings is 1. The summed E-state index contributed by atoms with van der Waals surface area (Å²) >= 11 is 8.04. The minimum atomic E-state index is -0.118. The number of aromatic nitrogens is 3. The van der Waals surface area contributed by atoms with Gasteiger partial charge < -0.3 is 4.57 Å². The van der Waals surface area contributed by atoms with E-state index in [4.69, 9.17) is 11.6 Å². The van der Waals surface area contributed by atoms with Gasteiger partial charge in [-0.3, -0.25) is 4.98 Å². The van der Waals surface area contributed by atoms with E-state index in [2.05, 4.69) is 38.3 Å². The summed E-state index contributed by atoms with van der Waals surface area (Å²) in [4.78, 5) is 8.78. The minimum Gasteiger partial charge on any atom is -0.323 e. The summed E-state index contributed by atoms with van der Waals surface area (Å²) in [6.45, 7) is 4.17. The van der Waals surface area contributed by atoms with Crippen LogP contribution in [0.1, 0.15) is 36.7 Å². The van der Waals surface area contributed by atoms with Crippen LogP contribution in [-0.2, 0) is 6.42 Å². The van der Waals surface area contributed by atoms with E-state index in [1.165, 1.54) is 5.56 Å². The fourth-order valence-corrected chi connectivity index (χ4v) is 3.39. The van der Waals surface area contributed by atoms with Crippen molar-refractivity contribution in [2.24, 2.45) is 0 Å². The average molecular weight is 306 g/mol. The number of hydrogen-bond acceptors (Lipinski definition) is 3. The quantitative estimate of drug-likeness (QED) is 0.660. The summed E-state index contributed by atoms with van der Waals surface area (Å²) in [5, 5.41) is 4.19. The van der Waals surface area contributed by atoms with Crippen molar-refractivity contribution in [2.75, 3.05) is 0 Å². The van der Waals surface area contributed by atoms with Crippen molar-refractivity contribution in [3.8, 4) is 0 Å². The second kappa shape index (κ2) is 5.54. The molecule has 0 saturated heterocycles. The monoisotopic (exact) mass is 305 g/mol. The highest BCUT2D eigenvalue weighted by atomic mass is 35.5. The fraction of sp³-hybridized carbons (Fsp3) is 0.333. The lowest BCUT2D eigenvalue weighted by Gasteiger charge is -2.18. The number of alkyl halides is 1. The average Bonchev–Trinajstić information content (AvgIpc) is 3.04. The van der Waals surface area contributed by atoms with Crippen molar-refractivity contribution >= 4 is 34.0 Å². The van der Waals surface area contributed by atoms with Crippen molar-refractivity contribution in [3.63, 3.8) is 0 Å². The Bertz CT molecular complexity index is 703. The number of hydrogen-bond donors (Lipinski definition) is 0. The van der Waals surface area contributed by atoms with Gasteiger partial charge in [0.15, 0.2) is 0 Å². The molecule has 3 aromatic rings. The molecule has 0 aliphatic heterocycles. The van der Waals surface area contributed by atoms with Crippen LogP contribution in [-0.4, -0.2) is 14.5 Å². The Hall–Kier alpha value is -1.39. The van der Waals surface area contributed by atoms with Gasteiger partial charge in [0.05, 0.1) is 17.1 Å². The third-order valence-corrected chi connectivity index (χ3v) is 4.35. The number of fused-ring (bicyclic) bond motifs is 1. The molecule has 104 valence electrons. The first-order valence-electron chi connectivity index (χ1n) is 6.64. The number of thiophene rings is 1. The first-order chi connectivity index (χ1) is 9.66. The van der Waals surface area contributed by atoms with Crippen LogP contribution >= 0.6 is 22.9 Å². The van der Waals surface area contributed by atoms with Gasteiger partial charge in [0.25, 0.3) is 0 Å². The van der Waals surface area contributed by atoms with Crippen molar-refractivity contribution < 1.29 is 0 Å². The highest BCUT2D eigenvalue weighted by Crippen LogP contribution is 2.29. The Morgan fingerprint density at radius 3 is 2.90 bits per heavy atom. The highest BCUT2D eigenvalue weighted by Gasteiger charge is 2.19. The molecule has 2 unspecified atom stereocenters. The molecule has 3 rings (SSSR count). The predicted molar refractivity (Wildman–Crippen MR) is 84.5 cm³/mol. The Balaban J connectivity index is 2.06. The second-order valence-electron chi connectivity index (χ2n) is 5.01. The van der Waals surface area contributed by atoms with Crippen molar-refractivity contribution in [1.29, 1.82) is 0 Å². The van der Waals surface area contributed by atoms with Gasteiger partial charge in [0.2, 0.25) is 0 Å². The predicted octanol–water partition coefficient (Wildman–Crippen LogP) is 4.60. The molecule has 0 amide bonds. The van der Waals surface area contributed by atoms with Crippen LogP contribution in [0.2, 0.25) is 0 Å². The van der Waals surface area contributed by atoms with E-state index in [0.717, 1.165) is 23.3 Å². The van der Waals surface area contributed by atoms with Gasteiger partial charge in [-0.15, -0.1) is 11.6 Å². The summed E-state index contributed by atoms with van der Waals surface area (Å²) in [7, 11) is 0. The molecular formula is C15H16ClN3S. The maximum Gasteiger partial charge on any atom is 0.128 e. The van der Waals surface area contributed by atoms with Crippen LogP contribution < -0.4 is 0 Å². The summed E-state index contributed by atoms with van der Waals surface area (Å²) in [5.74, 6) is 0.914. The molecule has 3 nitrogen and oxygen atoms in total. The molecule has 0 bridgehead atoms. The van der Waals surface area contributed by atoms with Gasteiger partial charge in [0.1, 0.15) is 11.3 Å². The van der Waals surface area contributed by atoms with E-state index in [9.17, 15) is 0 Å². The lowest BCUT2D eigenvalue weighted by molar-refractivity contribution is 0.535. The number of nitrogens with zero attached hydrogens (tertiary/aromatic N) is 3. The standard InChI is InChI=1S/C15H16ClN3S/c1-10(7-12-4-6-20-9-12)19-14-3-5-17-8-13(14)18-15(19)11(2)16/h3-6,8-11H,7H2,1-2H3. The number of rotatable bonds is 4. The summed E-state index contributed by atoms with van der Waals surface area (Å²) < 4.78 is 2.24. The van der Waals surface area contributed by atoms with E-state index < -0.39 is 0 Å². The molecule has 0 saturated carbocycles. The normalized spacial score (nSPS) is 14.6. The Morgan fingerprint density at radius 2 is 2.20 bits per heavy atom. The van der Waals surface area contributed by atoms with Crippen molar-refractivity contribution in [3.05, 3.63) is 46.7 Å². The maximum atomic E-state index is 6.30. The van der Waals surface area contributed by atoms with E-state index in [0.29, 0.717) is 6.04 Å². The molecule has 0 fully saturated rings. The van der Waals surface area contributed by atoms with E-state index in [1.807, 2.05) is 13.0 Å². The summed E-state index contributed by atoms with van der Waals surface area (Å²) in [5.41, 5.74) is 3.36. The lowest BCUT2D eigenvalue weighted by atomic mass is 10.1.